The first kappa shape index (κ1) is 19.1. The molecule has 2 aliphatic rings. The van der Waals surface area contributed by atoms with E-state index in [1.54, 1.807) is 47.6 Å². The molecule has 0 radical (unpaired) electrons. The van der Waals surface area contributed by atoms with Gasteiger partial charge in [-0.2, -0.15) is 13.2 Å². The molecule has 1 saturated heterocycles. The number of amides is 1. The number of hydrogen-bond acceptors (Lipinski definition) is 3. The van der Waals surface area contributed by atoms with Gasteiger partial charge in [0.2, 0.25) is 0 Å². The van der Waals surface area contributed by atoms with E-state index in [-0.39, 0.29) is 7.33 Å². The van der Waals surface area contributed by atoms with E-state index in [0.29, 0.717) is 54.3 Å². The van der Waals surface area contributed by atoms with Gasteiger partial charge >= 0.3 is 6.18 Å². The van der Waals surface area contributed by atoms with Gasteiger partial charge in [0.05, 0.1) is 23.2 Å². The van der Waals surface area contributed by atoms with Crippen LogP contribution in [0.4, 0.5) is 13.2 Å². The fourth-order valence-corrected chi connectivity index (χ4v) is 4.83. The lowest BCUT2D eigenvalue weighted by Gasteiger charge is -2.45. The first-order valence-electron chi connectivity index (χ1n) is 10.3. The van der Waals surface area contributed by atoms with Gasteiger partial charge in [-0.3, -0.25) is 4.79 Å². The van der Waals surface area contributed by atoms with Crippen LogP contribution in [0.25, 0.3) is 16.8 Å². The Morgan fingerprint density at radius 3 is 2.62 bits per heavy atom. The lowest BCUT2D eigenvalue weighted by Crippen LogP contribution is -2.50. The van der Waals surface area contributed by atoms with Gasteiger partial charge in [-0.05, 0) is 24.3 Å². The van der Waals surface area contributed by atoms with Crippen molar-refractivity contribution in [3.8, 4) is 11.4 Å². The van der Waals surface area contributed by atoms with Crippen molar-refractivity contribution in [1.29, 1.82) is 0 Å². The number of carbonyl (C=O) groups is 1. The molecule has 3 aromatic heterocycles. The van der Waals surface area contributed by atoms with Gasteiger partial charge in [0.1, 0.15) is 17.1 Å². The second-order valence-corrected chi connectivity index (χ2v) is 8.17. The number of furan rings is 1. The average molecular weight is 443 g/mol. The van der Waals surface area contributed by atoms with Gasteiger partial charge in [-0.1, -0.05) is 12.1 Å². The number of carbonyl (C=O) groups excluding carboxylic acids is 1. The Bertz CT molecular complexity index is 1320. The molecule has 6 nitrogen and oxygen atoms in total. The van der Waals surface area contributed by atoms with Crippen molar-refractivity contribution < 1.29 is 28.5 Å². The van der Waals surface area contributed by atoms with E-state index in [2.05, 4.69) is 4.98 Å². The molecule has 0 saturated carbocycles. The molecule has 1 spiro atoms. The zero-order chi connectivity index (χ0) is 22.1. The molecule has 0 aliphatic carbocycles. The van der Waals surface area contributed by atoms with E-state index in [1.165, 1.54) is 10.6 Å². The minimum absolute atomic E-state index is 0. The monoisotopic (exact) mass is 443 g/mol. The third-order valence-corrected chi connectivity index (χ3v) is 6.38. The Hall–Kier alpha value is -3.62. The molecule has 2 aliphatic heterocycles. The van der Waals surface area contributed by atoms with Crippen molar-refractivity contribution in [1.82, 2.24) is 14.5 Å². The molecule has 6 rings (SSSR count). The predicted octanol–water partition coefficient (Wildman–Crippen LogP) is 5.34. The summed E-state index contributed by atoms with van der Waals surface area (Å²) in [5.74, 6) is 0.236. The van der Waals surface area contributed by atoms with Crippen LogP contribution in [-0.4, -0.2) is 33.4 Å². The summed E-state index contributed by atoms with van der Waals surface area (Å²) in [5, 5.41) is 0. The normalized spacial score (nSPS) is 17.3. The fraction of sp³-hybridized carbons (Fsp3) is 0.261. The SMILES string of the molecule is O=C(c1cc2occc2[nH]1)N1CCC2(CC1)Oc1ccccc1-n1c(C(F)(F)F)ccc12.[HH]. The molecule has 0 atom stereocenters. The minimum Gasteiger partial charge on any atom is -0.479 e. The average Bonchev–Trinajstić information content (AvgIpc) is 3.48. The first-order valence-corrected chi connectivity index (χ1v) is 10.3. The van der Waals surface area contributed by atoms with Crippen molar-refractivity contribution in [2.45, 2.75) is 24.6 Å². The van der Waals surface area contributed by atoms with Crippen LogP contribution in [0.15, 0.2) is 59.2 Å². The standard InChI is InChI=1S/C23H18F3N3O3.H2/c24-23(25,26)20-6-5-19-22(32-17-4-2-1-3-16(17)29(19)20)8-10-28(11-9-22)21(30)15-13-18-14(27-15)7-12-31-18;/h1-7,12-13,27H,8-11H2;1H. The highest BCUT2D eigenvalue weighted by Crippen LogP contribution is 2.48. The summed E-state index contributed by atoms with van der Waals surface area (Å²) < 4.78 is 54.2. The Kier molecular flexibility index (Phi) is 3.84. The molecule has 9 heteroatoms. The van der Waals surface area contributed by atoms with Gasteiger partial charge < -0.3 is 23.6 Å². The zero-order valence-corrected chi connectivity index (χ0v) is 16.8. The molecule has 32 heavy (non-hydrogen) atoms. The second kappa shape index (κ2) is 6.44. The highest BCUT2D eigenvalue weighted by Gasteiger charge is 2.48. The highest BCUT2D eigenvalue weighted by molar-refractivity contribution is 5.96. The van der Waals surface area contributed by atoms with Gasteiger partial charge in [0.15, 0.2) is 11.2 Å². The van der Waals surface area contributed by atoms with Crippen LogP contribution in [-0.2, 0) is 11.8 Å². The van der Waals surface area contributed by atoms with Crippen molar-refractivity contribution in [2.75, 3.05) is 13.1 Å². The van der Waals surface area contributed by atoms with Crippen molar-refractivity contribution >= 4 is 17.0 Å². The number of aromatic amines is 1. The number of benzene rings is 1. The van der Waals surface area contributed by atoms with Crippen LogP contribution in [0.2, 0.25) is 0 Å². The summed E-state index contributed by atoms with van der Waals surface area (Å²) in [6.07, 6.45) is -2.19. The van der Waals surface area contributed by atoms with Gasteiger partial charge in [-0.15, -0.1) is 0 Å². The van der Waals surface area contributed by atoms with Crippen molar-refractivity contribution in [3.63, 3.8) is 0 Å². The Balaban J connectivity index is 0.00000228. The Labute approximate surface area is 181 Å². The molecule has 5 heterocycles. The topological polar surface area (TPSA) is 63.4 Å². The summed E-state index contributed by atoms with van der Waals surface area (Å²) in [4.78, 5) is 17.7. The quantitative estimate of drug-likeness (QED) is 0.432. The summed E-state index contributed by atoms with van der Waals surface area (Å²) >= 11 is 0. The molecular formula is C23H20F3N3O3. The van der Waals surface area contributed by atoms with Crippen LogP contribution in [0.5, 0.6) is 5.75 Å². The number of H-pyrrole nitrogens is 1. The van der Waals surface area contributed by atoms with E-state index in [0.717, 1.165) is 11.6 Å². The number of nitrogens with zero attached hydrogens (tertiary/aromatic N) is 2. The van der Waals surface area contributed by atoms with Gasteiger partial charge in [-0.25, -0.2) is 0 Å². The molecule has 1 aromatic carbocycles. The number of nitrogens with one attached hydrogen (secondary N) is 1. The number of halogens is 3. The minimum atomic E-state index is -4.49. The zero-order valence-electron chi connectivity index (χ0n) is 16.8. The summed E-state index contributed by atoms with van der Waals surface area (Å²) in [7, 11) is 0. The first-order chi connectivity index (χ1) is 15.4. The second-order valence-electron chi connectivity index (χ2n) is 8.17. The smallest absolute Gasteiger partial charge is 0.431 e. The molecule has 4 aromatic rings. The largest absolute Gasteiger partial charge is 0.479 e. The third-order valence-electron chi connectivity index (χ3n) is 6.38. The molecule has 1 fully saturated rings. The van der Waals surface area contributed by atoms with E-state index in [9.17, 15) is 18.0 Å². The number of likely N-dealkylation sites (tertiary alicyclic amines) is 1. The summed E-state index contributed by atoms with van der Waals surface area (Å²) in [6, 6.07) is 12.8. The molecule has 166 valence electrons. The Morgan fingerprint density at radius 1 is 1.09 bits per heavy atom. The lowest BCUT2D eigenvalue weighted by atomic mass is 9.86. The number of ether oxygens (including phenoxy) is 1. The summed E-state index contributed by atoms with van der Waals surface area (Å²) in [6.45, 7) is 0.710. The van der Waals surface area contributed by atoms with E-state index >= 15 is 0 Å². The van der Waals surface area contributed by atoms with E-state index in [1.807, 2.05) is 0 Å². The molecule has 0 unspecified atom stereocenters. The maximum Gasteiger partial charge on any atom is 0.431 e. The van der Waals surface area contributed by atoms with Gasteiger partial charge in [0.25, 0.3) is 5.91 Å². The molecular weight excluding hydrogens is 423 g/mol. The number of para-hydroxylation sites is 2. The highest BCUT2D eigenvalue weighted by atomic mass is 19.4. The Morgan fingerprint density at radius 2 is 1.88 bits per heavy atom. The molecule has 0 bridgehead atoms. The fourth-order valence-electron chi connectivity index (χ4n) is 4.83. The number of aromatic nitrogens is 2. The lowest BCUT2D eigenvalue weighted by molar-refractivity contribution is -0.143. The van der Waals surface area contributed by atoms with Crippen LogP contribution in [0, 0.1) is 0 Å². The van der Waals surface area contributed by atoms with Crippen molar-refractivity contribution in [2.24, 2.45) is 0 Å². The van der Waals surface area contributed by atoms with Crippen LogP contribution in [0.3, 0.4) is 0 Å². The number of piperidine rings is 1. The number of hydrogen-bond donors (Lipinski definition) is 1. The maximum absolute atomic E-state index is 13.7. The summed E-state index contributed by atoms with van der Waals surface area (Å²) in [5.41, 5.74) is 0.949. The van der Waals surface area contributed by atoms with Gasteiger partial charge in [0, 0.05) is 39.5 Å². The predicted molar refractivity (Wildman–Crippen MR) is 111 cm³/mol. The van der Waals surface area contributed by atoms with E-state index < -0.39 is 17.5 Å². The van der Waals surface area contributed by atoms with Crippen LogP contribution >= 0.6 is 0 Å². The molecule has 1 N–H and O–H groups in total. The van der Waals surface area contributed by atoms with Crippen LogP contribution in [0.1, 0.15) is 36.1 Å². The van der Waals surface area contributed by atoms with Crippen LogP contribution < -0.4 is 4.74 Å². The number of fused-ring (bicyclic) bond motifs is 5. The van der Waals surface area contributed by atoms with E-state index in [4.69, 9.17) is 9.15 Å². The van der Waals surface area contributed by atoms with Crippen molar-refractivity contribution in [3.05, 3.63) is 71.9 Å². The molecule has 1 amide bonds. The maximum atomic E-state index is 13.7. The number of alkyl halides is 3. The third kappa shape index (κ3) is 2.70. The number of rotatable bonds is 1.